The van der Waals surface area contributed by atoms with Gasteiger partial charge in [0.1, 0.15) is 0 Å². The summed E-state index contributed by atoms with van der Waals surface area (Å²) in [4.78, 5) is 0. The van der Waals surface area contributed by atoms with Crippen molar-refractivity contribution < 1.29 is 5.11 Å². The molecule has 0 bridgehead atoms. The Bertz CT molecular complexity index is 315. The predicted molar refractivity (Wildman–Crippen MR) is 62.5 cm³/mol. The van der Waals surface area contributed by atoms with Crippen molar-refractivity contribution >= 4 is 6.08 Å². The second kappa shape index (κ2) is 5.10. The lowest BCUT2D eigenvalue weighted by atomic mass is 10.1. The average molecular weight is 203 g/mol. The molecule has 1 aliphatic rings. The van der Waals surface area contributed by atoms with Crippen molar-refractivity contribution in [1.82, 2.24) is 5.32 Å². The molecule has 80 valence electrons. The van der Waals surface area contributed by atoms with Gasteiger partial charge in [-0.2, -0.15) is 0 Å². The molecule has 0 spiro atoms. The summed E-state index contributed by atoms with van der Waals surface area (Å²) in [7, 11) is 0. The van der Waals surface area contributed by atoms with Crippen LogP contribution in [0.2, 0.25) is 0 Å². The van der Waals surface area contributed by atoms with Gasteiger partial charge in [0.05, 0.1) is 6.10 Å². The summed E-state index contributed by atoms with van der Waals surface area (Å²) in [6.07, 6.45) is 5.72. The van der Waals surface area contributed by atoms with Gasteiger partial charge in [0, 0.05) is 6.04 Å². The fourth-order valence-corrected chi connectivity index (χ4v) is 1.91. The van der Waals surface area contributed by atoms with E-state index in [2.05, 4.69) is 5.32 Å². The first-order valence-electron chi connectivity index (χ1n) is 5.51. The second-order valence-electron chi connectivity index (χ2n) is 3.96. The van der Waals surface area contributed by atoms with E-state index >= 15 is 0 Å². The average Bonchev–Trinajstić information content (AvgIpc) is 2.81. The highest BCUT2D eigenvalue weighted by molar-refractivity contribution is 5.49. The van der Waals surface area contributed by atoms with E-state index in [-0.39, 0.29) is 12.1 Å². The molecule has 2 heteroatoms. The van der Waals surface area contributed by atoms with Crippen LogP contribution in [-0.4, -0.2) is 23.8 Å². The van der Waals surface area contributed by atoms with Gasteiger partial charge >= 0.3 is 0 Å². The minimum absolute atomic E-state index is 0.241. The van der Waals surface area contributed by atoms with Gasteiger partial charge in [-0.05, 0) is 24.9 Å². The molecule has 2 nitrogen and oxygen atoms in total. The molecule has 2 unspecified atom stereocenters. The molecular weight excluding hydrogens is 186 g/mol. The number of benzene rings is 1. The number of hydrogen-bond donors (Lipinski definition) is 2. The van der Waals surface area contributed by atoms with Crippen LogP contribution >= 0.6 is 0 Å². The zero-order valence-electron chi connectivity index (χ0n) is 8.76. The lowest BCUT2D eigenvalue weighted by Gasteiger charge is -2.13. The van der Waals surface area contributed by atoms with E-state index in [4.69, 9.17) is 0 Å². The Morgan fingerprint density at radius 2 is 2.13 bits per heavy atom. The van der Waals surface area contributed by atoms with Crippen LogP contribution in [0.5, 0.6) is 0 Å². The largest absolute Gasteiger partial charge is 0.387 e. The summed E-state index contributed by atoms with van der Waals surface area (Å²) in [5.74, 6) is 0. The van der Waals surface area contributed by atoms with Crippen LogP contribution in [-0.2, 0) is 0 Å². The lowest BCUT2D eigenvalue weighted by Crippen LogP contribution is -2.33. The summed E-state index contributed by atoms with van der Waals surface area (Å²) in [5.41, 5.74) is 1.13. The van der Waals surface area contributed by atoms with E-state index in [0.717, 1.165) is 18.5 Å². The third-order valence-corrected chi connectivity index (χ3v) is 2.80. The molecule has 1 aliphatic heterocycles. The Hall–Kier alpha value is -1.12. The third kappa shape index (κ3) is 2.91. The van der Waals surface area contributed by atoms with E-state index in [1.54, 1.807) is 0 Å². The number of aliphatic hydroxyl groups is 1. The Morgan fingerprint density at radius 1 is 1.33 bits per heavy atom. The molecule has 15 heavy (non-hydrogen) atoms. The van der Waals surface area contributed by atoms with Gasteiger partial charge in [0.25, 0.3) is 0 Å². The maximum Gasteiger partial charge on any atom is 0.0877 e. The molecular formula is C13H17NO. The van der Waals surface area contributed by atoms with Crippen molar-refractivity contribution in [3.05, 3.63) is 42.0 Å². The minimum atomic E-state index is -0.368. The van der Waals surface area contributed by atoms with Crippen LogP contribution < -0.4 is 5.32 Å². The minimum Gasteiger partial charge on any atom is -0.387 e. The Morgan fingerprint density at radius 3 is 2.80 bits per heavy atom. The number of rotatable bonds is 3. The summed E-state index contributed by atoms with van der Waals surface area (Å²) in [6.45, 7) is 1.03. The molecule has 1 aromatic rings. The van der Waals surface area contributed by atoms with E-state index in [9.17, 15) is 5.11 Å². The Labute approximate surface area is 90.6 Å². The van der Waals surface area contributed by atoms with Crippen LogP contribution in [0.15, 0.2) is 36.4 Å². The second-order valence-corrected chi connectivity index (χ2v) is 3.96. The van der Waals surface area contributed by atoms with E-state index < -0.39 is 0 Å². The molecule has 1 aromatic carbocycles. The van der Waals surface area contributed by atoms with Crippen molar-refractivity contribution in [1.29, 1.82) is 0 Å². The fraction of sp³-hybridized carbons (Fsp3) is 0.385. The highest BCUT2D eigenvalue weighted by Gasteiger charge is 2.19. The van der Waals surface area contributed by atoms with Crippen LogP contribution in [0.4, 0.5) is 0 Å². The van der Waals surface area contributed by atoms with Crippen LogP contribution in [0.3, 0.4) is 0 Å². The maximum atomic E-state index is 9.86. The zero-order valence-corrected chi connectivity index (χ0v) is 8.76. The number of hydrogen-bond acceptors (Lipinski definition) is 2. The maximum absolute atomic E-state index is 9.86. The van der Waals surface area contributed by atoms with E-state index in [1.165, 1.54) is 6.42 Å². The molecule has 0 radical (unpaired) electrons. The normalized spacial score (nSPS) is 23.4. The smallest absolute Gasteiger partial charge is 0.0877 e. The molecule has 0 aromatic heterocycles. The Balaban J connectivity index is 1.93. The SMILES string of the molecule is OC(/C=C/c1ccccc1)C1CCCN1. The van der Waals surface area contributed by atoms with Gasteiger partial charge in [0.2, 0.25) is 0 Å². The van der Waals surface area contributed by atoms with Crippen molar-refractivity contribution in [2.75, 3.05) is 6.54 Å². The molecule has 2 atom stereocenters. The van der Waals surface area contributed by atoms with Gasteiger partial charge < -0.3 is 10.4 Å². The van der Waals surface area contributed by atoms with Crippen LogP contribution in [0.25, 0.3) is 6.08 Å². The molecule has 2 N–H and O–H groups in total. The summed E-state index contributed by atoms with van der Waals surface area (Å²) < 4.78 is 0. The monoisotopic (exact) mass is 203 g/mol. The number of aliphatic hydroxyl groups excluding tert-OH is 1. The summed E-state index contributed by atoms with van der Waals surface area (Å²) in [6, 6.07) is 10.3. The molecule has 1 saturated heterocycles. The summed E-state index contributed by atoms with van der Waals surface area (Å²) in [5, 5.41) is 13.2. The van der Waals surface area contributed by atoms with Gasteiger partial charge in [-0.3, -0.25) is 0 Å². The first-order valence-corrected chi connectivity index (χ1v) is 5.51. The standard InChI is InChI=1S/C13H17NO/c15-13(12-7-4-10-14-12)9-8-11-5-2-1-3-6-11/h1-3,5-6,8-9,12-15H,4,7,10H2/b9-8+. The van der Waals surface area contributed by atoms with Crippen LogP contribution in [0, 0.1) is 0 Å². The number of nitrogens with one attached hydrogen (secondary N) is 1. The molecule has 1 fully saturated rings. The van der Waals surface area contributed by atoms with Crippen molar-refractivity contribution in [3.8, 4) is 0 Å². The fourth-order valence-electron chi connectivity index (χ4n) is 1.91. The van der Waals surface area contributed by atoms with Crippen molar-refractivity contribution in [3.63, 3.8) is 0 Å². The first kappa shape index (κ1) is 10.4. The quantitative estimate of drug-likeness (QED) is 0.785. The summed E-state index contributed by atoms with van der Waals surface area (Å²) >= 11 is 0. The van der Waals surface area contributed by atoms with Crippen molar-refractivity contribution in [2.24, 2.45) is 0 Å². The molecule has 0 aliphatic carbocycles. The molecule has 0 saturated carbocycles. The highest BCUT2D eigenvalue weighted by Crippen LogP contribution is 2.11. The van der Waals surface area contributed by atoms with Gasteiger partial charge in [-0.1, -0.05) is 42.5 Å². The van der Waals surface area contributed by atoms with Crippen molar-refractivity contribution in [2.45, 2.75) is 25.0 Å². The van der Waals surface area contributed by atoms with Gasteiger partial charge in [-0.15, -0.1) is 0 Å². The Kier molecular flexibility index (Phi) is 3.54. The lowest BCUT2D eigenvalue weighted by molar-refractivity contribution is 0.182. The topological polar surface area (TPSA) is 32.3 Å². The van der Waals surface area contributed by atoms with Crippen LogP contribution in [0.1, 0.15) is 18.4 Å². The molecule has 2 rings (SSSR count). The highest BCUT2D eigenvalue weighted by atomic mass is 16.3. The zero-order chi connectivity index (χ0) is 10.5. The third-order valence-electron chi connectivity index (χ3n) is 2.80. The van der Waals surface area contributed by atoms with E-state index in [0.29, 0.717) is 0 Å². The first-order chi connectivity index (χ1) is 7.36. The molecule has 1 heterocycles. The van der Waals surface area contributed by atoms with Gasteiger partial charge in [0.15, 0.2) is 0 Å². The van der Waals surface area contributed by atoms with E-state index in [1.807, 2.05) is 42.5 Å². The predicted octanol–water partition coefficient (Wildman–Crippen LogP) is 1.81. The van der Waals surface area contributed by atoms with Gasteiger partial charge in [-0.25, -0.2) is 0 Å². The molecule has 0 amide bonds.